The summed E-state index contributed by atoms with van der Waals surface area (Å²) in [6, 6.07) is 15.3. The van der Waals surface area contributed by atoms with Gasteiger partial charge in [-0.25, -0.2) is 9.97 Å². The maximum atomic E-state index is 13.4. The molecule has 154 valence electrons. The Morgan fingerprint density at radius 1 is 1.10 bits per heavy atom. The summed E-state index contributed by atoms with van der Waals surface area (Å²) in [7, 11) is 2.08. The van der Waals surface area contributed by atoms with Gasteiger partial charge < -0.3 is 14.8 Å². The molecular formula is C23H21N7O. The van der Waals surface area contributed by atoms with Crippen LogP contribution in [0.2, 0.25) is 0 Å². The number of nitrogens with one attached hydrogen (secondary N) is 1. The topological polar surface area (TPSA) is 93.3 Å². The van der Waals surface area contributed by atoms with E-state index in [4.69, 9.17) is 4.98 Å². The SMILES string of the molecule is CN1CCN(c2nc3ccccn3c(=O)c2/C=C(\C#N)c2nc3ccccc3[nH]2)CC1. The highest BCUT2D eigenvalue weighted by atomic mass is 16.1. The molecule has 1 fully saturated rings. The van der Waals surface area contributed by atoms with Gasteiger partial charge in [-0.3, -0.25) is 9.20 Å². The zero-order valence-electron chi connectivity index (χ0n) is 17.1. The van der Waals surface area contributed by atoms with Gasteiger partial charge >= 0.3 is 0 Å². The van der Waals surface area contributed by atoms with E-state index in [2.05, 4.69) is 32.9 Å². The fourth-order valence-corrected chi connectivity index (χ4v) is 3.85. The van der Waals surface area contributed by atoms with Crippen LogP contribution in [0.25, 0.3) is 28.3 Å². The average molecular weight is 411 g/mol. The standard InChI is InChI=1S/C23H21N7O/c1-28-10-12-29(13-11-28)22-17(23(31)30-9-5-4-8-20(30)27-22)14-16(15-24)21-25-18-6-2-3-7-19(18)26-21/h2-9,14H,10-13H2,1H3,(H,25,26)/b16-14+. The number of pyridine rings is 1. The molecule has 1 aromatic carbocycles. The molecule has 3 aromatic heterocycles. The Morgan fingerprint density at radius 2 is 1.87 bits per heavy atom. The Bertz CT molecular complexity index is 1370. The van der Waals surface area contributed by atoms with Crippen LogP contribution in [0, 0.1) is 11.3 Å². The minimum Gasteiger partial charge on any atom is -0.353 e. The van der Waals surface area contributed by atoms with Crippen LogP contribution < -0.4 is 10.5 Å². The molecular weight excluding hydrogens is 390 g/mol. The molecule has 0 amide bonds. The van der Waals surface area contributed by atoms with Gasteiger partial charge in [0.1, 0.15) is 23.4 Å². The molecule has 0 atom stereocenters. The smallest absolute Gasteiger partial charge is 0.267 e. The number of aromatic amines is 1. The molecule has 0 spiro atoms. The highest BCUT2D eigenvalue weighted by Gasteiger charge is 2.22. The Hall–Kier alpha value is -3.96. The fraction of sp³-hybridized carbons (Fsp3) is 0.217. The lowest BCUT2D eigenvalue weighted by Gasteiger charge is -2.34. The molecule has 4 heterocycles. The molecule has 5 rings (SSSR count). The van der Waals surface area contributed by atoms with Crippen molar-refractivity contribution in [2.75, 3.05) is 38.1 Å². The number of fused-ring (bicyclic) bond motifs is 2. The van der Waals surface area contributed by atoms with Crippen LogP contribution in [0.1, 0.15) is 11.4 Å². The number of allylic oxidation sites excluding steroid dienone is 1. The lowest BCUT2D eigenvalue weighted by atomic mass is 10.1. The van der Waals surface area contributed by atoms with Crippen molar-refractivity contribution in [2.45, 2.75) is 0 Å². The number of aromatic nitrogens is 4. The minimum atomic E-state index is -0.205. The van der Waals surface area contributed by atoms with Gasteiger partial charge in [0, 0.05) is 32.4 Å². The largest absolute Gasteiger partial charge is 0.353 e. The monoisotopic (exact) mass is 411 g/mol. The minimum absolute atomic E-state index is 0.205. The van der Waals surface area contributed by atoms with Gasteiger partial charge in [0.15, 0.2) is 0 Å². The van der Waals surface area contributed by atoms with Crippen molar-refractivity contribution in [3.05, 3.63) is 70.4 Å². The summed E-state index contributed by atoms with van der Waals surface area (Å²) < 4.78 is 1.51. The lowest BCUT2D eigenvalue weighted by molar-refractivity contribution is 0.312. The van der Waals surface area contributed by atoms with Crippen LogP contribution in [0.3, 0.4) is 0 Å². The van der Waals surface area contributed by atoms with Crippen molar-refractivity contribution in [1.29, 1.82) is 5.26 Å². The number of benzene rings is 1. The van der Waals surface area contributed by atoms with E-state index in [0.29, 0.717) is 28.4 Å². The molecule has 1 saturated heterocycles. The van der Waals surface area contributed by atoms with Crippen LogP contribution in [0.15, 0.2) is 53.5 Å². The quantitative estimate of drug-likeness (QED) is 0.521. The second-order valence-electron chi connectivity index (χ2n) is 7.65. The van der Waals surface area contributed by atoms with Gasteiger partial charge in [0.25, 0.3) is 5.56 Å². The van der Waals surface area contributed by atoms with Crippen LogP contribution in [0.4, 0.5) is 5.82 Å². The summed E-state index contributed by atoms with van der Waals surface area (Å²) in [4.78, 5) is 30.3. The van der Waals surface area contributed by atoms with Gasteiger partial charge in [-0.05, 0) is 37.4 Å². The van der Waals surface area contributed by atoms with Crippen LogP contribution in [-0.2, 0) is 0 Å². The summed E-state index contributed by atoms with van der Waals surface area (Å²) in [6.45, 7) is 3.29. The third kappa shape index (κ3) is 3.45. The summed E-state index contributed by atoms with van der Waals surface area (Å²) in [5.41, 5.74) is 2.67. The number of hydrogen-bond donors (Lipinski definition) is 1. The number of likely N-dealkylation sites (N-methyl/N-ethyl adjacent to an activating group) is 1. The zero-order valence-corrected chi connectivity index (χ0v) is 17.1. The number of imidazole rings is 1. The Balaban J connectivity index is 1.70. The van der Waals surface area contributed by atoms with Gasteiger partial charge in [-0.1, -0.05) is 18.2 Å². The first kappa shape index (κ1) is 19.0. The van der Waals surface area contributed by atoms with Crippen molar-refractivity contribution in [3.63, 3.8) is 0 Å². The second-order valence-corrected chi connectivity index (χ2v) is 7.65. The number of rotatable bonds is 3. The van der Waals surface area contributed by atoms with E-state index in [9.17, 15) is 10.1 Å². The molecule has 0 unspecified atom stereocenters. The molecule has 1 N–H and O–H groups in total. The van der Waals surface area contributed by atoms with Crippen LogP contribution in [0.5, 0.6) is 0 Å². The predicted octanol–water partition coefficient (Wildman–Crippen LogP) is 2.39. The predicted molar refractivity (Wildman–Crippen MR) is 121 cm³/mol. The first-order chi connectivity index (χ1) is 15.1. The van der Waals surface area contributed by atoms with E-state index < -0.39 is 0 Å². The van der Waals surface area contributed by atoms with Gasteiger partial charge in [-0.15, -0.1) is 0 Å². The van der Waals surface area contributed by atoms with E-state index in [0.717, 1.165) is 37.2 Å². The maximum Gasteiger partial charge on any atom is 0.267 e. The average Bonchev–Trinajstić information content (AvgIpc) is 3.23. The number of hydrogen-bond acceptors (Lipinski definition) is 6. The molecule has 8 heteroatoms. The first-order valence-electron chi connectivity index (χ1n) is 10.2. The number of nitriles is 1. The third-order valence-corrected chi connectivity index (χ3v) is 5.61. The van der Waals surface area contributed by atoms with Crippen LogP contribution >= 0.6 is 0 Å². The van der Waals surface area contributed by atoms with E-state index >= 15 is 0 Å². The van der Waals surface area contributed by atoms with Crippen LogP contribution in [-0.4, -0.2) is 57.5 Å². The zero-order chi connectivity index (χ0) is 21.4. The molecule has 0 saturated carbocycles. The van der Waals surface area contributed by atoms with Crippen molar-refractivity contribution in [2.24, 2.45) is 0 Å². The Kier molecular flexibility index (Phi) is 4.73. The summed E-state index contributed by atoms with van der Waals surface area (Å²) in [6.07, 6.45) is 3.31. The van der Waals surface area contributed by atoms with E-state index in [-0.39, 0.29) is 5.56 Å². The summed E-state index contributed by atoms with van der Waals surface area (Å²) in [5.74, 6) is 1.04. The molecule has 1 aliphatic rings. The first-order valence-corrected chi connectivity index (χ1v) is 10.2. The highest BCUT2D eigenvalue weighted by molar-refractivity contribution is 5.92. The summed E-state index contributed by atoms with van der Waals surface area (Å²) >= 11 is 0. The van der Waals surface area contributed by atoms with Crippen molar-refractivity contribution in [1.82, 2.24) is 24.3 Å². The van der Waals surface area contributed by atoms with E-state index in [1.807, 2.05) is 36.4 Å². The van der Waals surface area contributed by atoms with Gasteiger partial charge in [0.2, 0.25) is 0 Å². The molecule has 0 radical (unpaired) electrons. The molecule has 4 aromatic rings. The van der Waals surface area contributed by atoms with E-state index in [1.165, 1.54) is 4.40 Å². The normalized spacial score (nSPS) is 15.5. The highest BCUT2D eigenvalue weighted by Crippen LogP contribution is 2.24. The number of anilines is 1. The maximum absolute atomic E-state index is 13.4. The molecule has 31 heavy (non-hydrogen) atoms. The number of nitrogens with zero attached hydrogens (tertiary/aromatic N) is 6. The van der Waals surface area contributed by atoms with Crippen molar-refractivity contribution >= 4 is 34.1 Å². The van der Waals surface area contributed by atoms with Gasteiger partial charge in [-0.2, -0.15) is 5.26 Å². The molecule has 8 nitrogen and oxygen atoms in total. The van der Waals surface area contributed by atoms with Crippen molar-refractivity contribution < 1.29 is 0 Å². The fourth-order valence-electron chi connectivity index (χ4n) is 3.85. The van der Waals surface area contributed by atoms with Crippen molar-refractivity contribution in [3.8, 4) is 6.07 Å². The second kappa shape index (κ2) is 7.70. The van der Waals surface area contributed by atoms with E-state index in [1.54, 1.807) is 18.3 Å². The number of para-hydroxylation sites is 2. The molecule has 1 aliphatic heterocycles. The number of piperazine rings is 1. The third-order valence-electron chi connectivity index (χ3n) is 5.61. The van der Waals surface area contributed by atoms with Gasteiger partial charge in [0.05, 0.1) is 22.2 Å². The Morgan fingerprint density at radius 3 is 2.65 bits per heavy atom. The lowest BCUT2D eigenvalue weighted by Crippen LogP contribution is -2.45. The molecule has 0 aliphatic carbocycles. The Labute approximate surface area is 178 Å². The summed E-state index contributed by atoms with van der Waals surface area (Å²) in [5, 5.41) is 9.88. The molecule has 0 bridgehead atoms. The number of H-pyrrole nitrogens is 1.